The summed E-state index contributed by atoms with van der Waals surface area (Å²) in [5.74, 6) is -1.11. The first-order chi connectivity index (χ1) is 13.1. The number of hydrogen-bond donors (Lipinski definition) is 4. The van der Waals surface area contributed by atoms with E-state index in [1.54, 1.807) is 24.3 Å². The normalized spacial score (nSPS) is 10.9. The van der Waals surface area contributed by atoms with Crippen LogP contribution in [0.5, 0.6) is 0 Å². The van der Waals surface area contributed by atoms with Crippen LogP contribution < -0.4 is 16.0 Å². The van der Waals surface area contributed by atoms with E-state index in [1.165, 1.54) is 12.1 Å². The van der Waals surface area contributed by atoms with Crippen molar-refractivity contribution >= 4 is 29.3 Å². The number of anilines is 2. The van der Waals surface area contributed by atoms with E-state index in [9.17, 15) is 14.4 Å². The van der Waals surface area contributed by atoms with Crippen molar-refractivity contribution in [1.29, 1.82) is 0 Å². The number of carbonyl (C=O) groups is 3. The lowest BCUT2D eigenvalue weighted by Gasteiger charge is -2.18. The highest BCUT2D eigenvalue weighted by atomic mass is 16.4. The molecule has 3 amide bonds. The van der Waals surface area contributed by atoms with E-state index in [-0.39, 0.29) is 18.0 Å². The monoisotopic (exact) mass is 383 g/mol. The highest BCUT2D eigenvalue weighted by molar-refractivity contribution is 5.96. The highest BCUT2D eigenvalue weighted by Crippen LogP contribution is 2.23. The van der Waals surface area contributed by atoms with Gasteiger partial charge in [0.2, 0.25) is 5.91 Å². The van der Waals surface area contributed by atoms with Gasteiger partial charge in [-0.3, -0.25) is 4.79 Å². The lowest BCUT2D eigenvalue weighted by Crippen LogP contribution is -2.29. The summed E-state index contributed by atoms with van der Waals surface area (Å²) in [6, 6.07) is 11.2. The third kappa shape index (κ3) is 5.84. The Hall–Kier alpha value is -3.35. The molecule has 0 saturated heterocycles. The summed E-state index contributed by atoms with van der Waals surface area (Å²) in [6.45, 7) is 7.59. The van der Waals surface area contributed by atoms with Crippen molar-refractivity contribution in [3.63, 3.8) is 0 Å². The van der Waals surface area contributed by atoms with Crippen LogP contribution in [0.2, 0.25) is 0 Å². The first-order valence-corrected chi connectivity index (χ1v) is 8.85. The Morgan fingerprint density at radius 1 is 0.964 bits per heavy atom. The first-order valence-electron chi connectivity index (χ1n) is 8.85. The van der Waals surface area contributed by atoms with E-state index >= 15 is 0 Å². The van der Waals surface area contributed by atoms with E-state index in [1.807, 2.05) is 33.8 Å². The Kier molecular flexibility index (Phi) is 6.41. The number of hydrogen-bond acceptors (Lipinski definition) is 3. The lowest BCUT2D eigenvalue weighted by molar-refractivity contribution is -0.123. The molecule has 2 rings (SSSR count). The van der Waals surface area contributed by atoms with Gasteiger partial charge in [0.25, 0.3) is 0 Å². The topological polar surface area (TPSA) is 108 Å². The number of carbonyl (C=O) groups excluding carboxylic acids is 2. The number of rotatable bonds is 5. The predicted octanol–water partition coefficient (Wildman–Crippen LogP) is 4.00. The van der Waals surface area contributed by atoms with Crippen molar-refractivity contribution in [2.24, 2.45) is 5.41 Å². The van der Waals surface area contributed by atoms with Crippen molar-refractivity contribution in [3.05, 3.63) is 59.2 Å². The Balaban J connectivity index is 1.98. The number of aromatic carboxylic acids is 1. The largest absolute Gasteiger partial charge is 0.478 e. The predicted molar refractivity (Wildman–Crippen MR) is 109 cm³/mol. The Bertz CT molecular complexity index is 884. The third-order valence-corrected chi connectivity index (χ3v) is 4.08. The molecule has 0 aliphatic carbocycles. The van der Waals surface area contributed by atoms with Crippen LogP contribution in [0.1, 0.15) is 42.3 Å². The molecule has 0 atom stereocenters. The number of aryl methyl sites for hydroxylation is 1. The van der Waals surface area contributed by atoms with Crippen molar-refractivity contribution in [2.75, 3.05) is 10.6 Å². The molecule has 0 aromatic heterocycles. The summed E-state index contributed by atoms with van der Waals surface area (Å²) in [5.41, 5.74) is 2.50. The number of amides is 3. The molecule has 0 radical (unpaired) electrons. The van der Waals surface area contributed by atoms with Crippen molar-refractivity contribution < 1.29 is 19.5 Å². The van der Waals surface area contributed by atoms with Gasteiger partial charge in [0.05, 0.1) is 5.56 Å². The molecular formula is C21H25N3O4. The number of carboxylic acid groups (broad SMARTS) is 1. The molecule has 2 aromatic carbocycles. The van der Waals surface area contributed by atoms with Crippen molar-refractivity contribution in [1.82, 2.24) is 5.32 Å². The maximum absolute atomic E-state index is 12.2. The molecule has 0 saturated carbocycles. The van der Waals surface area contributed by atoms with Gasteiger partial charge in [-0.25, -0.2) is 9.59 Å². The number of nitrogens with one attached hydrogen (secondary N) is 3. The Morgan fingerprint density at radius 3 is 2.18 bits per heavy atom. The van der Waals surface area contributed by atoms with Crippen LogP contribution in [-0.4, -0.2) is 23.0 Å². The van der Waals surface area contributed by atoms with Gasteiger partial charge in [0.15, 0.2) is 0 Å². The second-order valence-electron chi connectivity index (χ2n) is 7.54. The number of carboxylic acids is 1. The molecule has 0 aliphatic rings. The van der Waals surface area contributed by atoms with Gasteiger partial charge in [0.1, 0.15) is 0 Å². The number of urea groups is 1. The fourth-order valence-electron chi connectivity index (χ4n) is 2.27. The third-order valence-electron chi connectivity index (χ3n) is 4.08. The smallest absolute Gasteiger partial charge is 0.335 e. The Labute approximate surface area is 164 Å². The fraction of sp³-hybridized carbons (Fsp3) is 0.286. The van der Waals surface area contributed by atoms with E-state index in [2.05, 4.69) is 16.0 Å². The average Bonchev–Trinajstić information content (AvgIpc) is 2.62. The van der Waals surface area contributed by atoms with E-state index in [0.29, 0.717) is 11.4 Å². The van der Waals surface area contributed by atoms with Crippen LogP contribution in [-0.2, 0) is 11.3 Å². The lowest BCUT2D eigenvalue weighted by atomic mass is 9.95. The van der Waals surface area contributed by atoms with Crippen LogP contribution in [0.3, 0.4) is 0 Å². The van der Waals surface area contributed by atoms with E-state index in [0.717, 1.165) is 11.1 Å². The van der Waals surface area contributed by atoms with Crippen LogP contribution in [0.25, 0.3) is 0 Å². The van der Waals surface area contributed by atoms with Gasteiger partial charge < -0.3 is 21.1 Å². The van der Waals surface area contributed by atoms with Crippen molar-refractivity contribution in [2.45, 2.75) is 34.2 Å². The number of benzene rings is 2. The molecule has 7 nitrogen and oxygen atoms in total. The quantitative estimate of drug-likeness (QED) is 0.626. The van der Waals surface area contributed by atoms with E-state index in [4.69, 9.17) is 5.11 Å². The molecule has 2 aromatic rings. The zero-order valence-electron chi connectivity index (χ0n) is 16.4. The summed E-state index contributed by atoms with van der Waals surface area (Å²) in [7, 11) is 0. The molecule has 4 N–H and O–H groups in total. The molecule has 28 heavy (non-hydrogen) atoms. The second kappa shape index (κ2) is 8.56. The second-order valence-corrected chi connectivity index (χ2v) is 7.54. The molecule has 148 valence electrons. The van der Waals surface area contributed by atoms with Crippen LogP contribution in [0.4, 0.5) is 16.2 Å². The fourth-order valence-corrected chi connectivity index (χ4v) is 2.27. The van der Waals surface area contributed by atoms with Gasteiger partial charge in [-0.2, -0.15) is 0 Å². The van der Waals surface area contributed by atoms with Gasteiger partial charge in [0, 0.05) is 23.3 Å². The zero-order chi connectivity index (χ0) is 20.9. The SMILES string of the molecule is Cc1ccc(NC(=O)C(C)(C)C)cc1NC(=O)NCc1ccc(C(=O)O)cc1. The maximum Gasteiger partial charge on any atom is 0.335 e. The molecule has 0 fully saturated rings. The minimum Gasteiger partial charge on any atom is -0.478 e. The molecule has 7 heteroatoms. The molecule has 0 heterocycles. The Morgan fingerprint density at radius 2 is 1.61 bits per heavy atom. The van der Waals surface area contributed by atoms with Gasteiger partial charge in [-0.15, -0.1) is 0 Å². The summed E-state index contributed by atoms with van der Waals surface area (Å²) in [6.07, 6.45) is 0. The van der Waals surface area contributed by atoms with Gasteiger partial charge in [-0.1, -0.05) is 39.0 Å². The van der Waals surface area contributed by atoms with E-state index < -0.39 is 17.4 Å². The molecule has 0 bridgehead atoms. The van der Waals surface area contributed by atoms with Gasteiger partial charge in [-0.05, 0) is 42.3 Å². The molecule has 0 aliphatic heterocycles. The maximum atomic E-state index is 12.2. The summed E-state index contributed by atoms with van der Waals surface area (Å²) in [4.78, 5) is 35.2. The summed E-state index contributed by atoms with van der Waals surface area (Å²) in [5, 5.41) is 17.2. The minimum absolute atomic E-state index is 0.114. The van der Waals surface area contributed by atoms with Gasteiger partial charge >= 0.3 is 12.0 Å². The standard InChI is InChI=1S/C21H25N3O4/c1-13-5-10-16(23-19(27)21(2,3)4)11-17(13)24-20(28)22-12-14-6-8-15(9-7-14)18(25)26/h5-11H,12H2,1-4H3,(H,23,27)(H,25,26)(H2,22,24,28). The molecule has 0 spiro atoms. The van der Waals surface area contributed by atoms with Crippen LogP contribution in [0.15, 0.2) is 42.5 Å². The zero-order valence-corrected chi connectivity index (χ0v) is 16.4. The summed E-state index contributed by atoms with van der Waals surface area (Å²) >= 11 is 0. The first kappa shape index (κ1) is 21.0. The molecular weight excluding hydrogens is 358 g/mol. The minimum atomic E-state index is -0.994. The summed E-state index contributed by atoms with van der Waals surface area (Å²) < 4.78 is 0. The van der Waals surface area contributed by atoms with Crippen LogP contribution in [0, 0.1) is 12.3 Å². The van der Waals surface area contributed by atoms with Crippen molar-refractivity contribution in [3.8, 4) is 0 Å². The van der Waals surface area contributed by atoms with Crippen LogP contribution >= 0.6 is 0 Å². The molecule has 0 unspecified atom stereocenters. The average molecular weight is 383 g/mol. The highest BCUT2D eigenvalue weighted by Gasteiger charge is 2.21.